The van der Waals surface area contributed by atoms with Crippen LogP contribution in [0.2, 0.25) is 0 Å². The topological polar surface area (TPSA) is 101 Å². The number of anilines is 1. The smallest absolute Gasteiger partial charge is 0.268 e. The van der Waals surface area contributed by atoms with Crippen molar-refractivity contribution in [2.45, 2.75) is 12.5 Å². The first kappa shape index (κ1) is 12.5. The van der Waals surface area contributed by atoms with Gasteiger partial charge in [0.1, 0.15) is 11.3 Å². The first-order chi connectivity index (χ1) is 7.35. The number of carbonyl (C=O) groups excluding carboxylic acids is 1. The number of nitrogens with one attached hydrogen (secondary N) is 1. The van der Waals surface area contributed by atoms with Crippen LogP contribution in [0.25, 0.3) is 0 Å². The maximum Gasteiger partial charge on any atom is 0.268 e. The van der Waals surface area contributed by atoms with Crippen molar-refractivity contribution < 1.29 is 15.0 Å². The van der Waals surface area contributed by atoms with E-state index in [2.05, 4.69) is 5.32 Å². The van der Waals surface area contributed by atoms with Gasteiger partial charge in [0.05, 0.1) is 12.3 Å². The summed E-state index contributed by atoms with van der Waals surface area (Å²) < 4.78 is 1.60. The highest BCUT2D eigenvalue weighted by Gasteiger charge is 2.21. The first-order valence-electron chi connectivity index (χ1n) is 4.89. The molecule has 0 saturated heterocycles. The fourth-order valence-electron chi connectivity index (χ4n) is 1.23. The van der Waals surface area contributed by atoms with Gasteiger partial charge in [-0.15, -0.1) is 0 Å². The van der Waals surface area contributed by atoms with Gasteiger partial charge >= 0.3 is 0 Å². The molecule has 0 radical (unpaired) electrons. The van der Waals surface area contributed by atoms with Crippen LogP contribution in [0.1, 0.15) is 17.4 Å². The molecule has 0 bridgehead atoms. The molecule has 1 aromatic rings. The Hall–Kier alpha value is -1.53. The number of amides is 1. The zero-order chi connectivity index (χ0) is 12.3. The Labute approximate surface area is 93.7 Å². The number of aryl methyl sites for hydroxylation is 1. The Morgan fingerprint density at radius 2 is 2.31 bits per heavy atom. The van der Waals surface area contributed by atoms with Gasteiger partial charge < -0.3 is 25.8 Å². The highest BCUT2D eigenvalue weighted by molar-refractivity contribution is 5.93. The Kier molecular flexibility index (Phi) is 3.56. The lowest BCUT2D eigenvalue weighted by Gasteiger charge is -2.20. The van der Waals surface area contributed by atoms with E-state index in [-0.39, 0.29) is 12.5 Å². The van der Waals surface area contributed by atoms with Gasteiger partial charge in [-0.25, -0.2) is 0 Å². The molecular weight excluding hydrogens is 210 g/mol. The molecule has 90 valence electrons. The van der Waals surface area contributed by atoms with Crippen LogP contribution in [0, 0.1) is 0 Å². The lowest BCUT2D eigenvalue weighted by atomic mass is 10.1. The normalized spacial score (nSPS) is 14.5. The van der Waals surface area contributed by atoms with E-state index in [1.54, 1.807) is 23.9 Å². The second-order valence-corrected chi connectivity index (χ2v) is 4.11. The summed E-state index contributed by atoms with van der Waals surface area (Å²) >= 11 is 0. The standard InChI is InChI=1S/C10H17N3O3/c1-10(16,6-14)5-12-9(15)8-3-7(11)4-13(8)2/h3-4,14,16H,5-6,11H2,1-2H3,(H,12,15). The molecule has 0 aliphatic rings. The highest BCUT2D eigenvalue weighted by Crippen LogP contribution is 2.08. The van der Waals surface area contributed by atoms with Crippen molar-refractivity contribution in [3.05, 3.63) is 18.0 Å². The third kappa shape index (κ3) is 2.98. The number of nitrogens with zero attached hydrogens (tertiary/aromatic N) is 1. The second kappa shape index (κ2) is 4.54. The molecule has 5 N–H and O–H groups in total. The monoisotopic (exact) mass is 227 g/mol. The van der Waals surface area contributed by atoms with Crippen molar-refractivity contribution in [3.8, 4) is 0 Å². The minimum atomic E-state index is -1.31. The minimum Gasteiger partial charge on any atom is -0.397 e. The first-order valence-corrected chi connectivity index (χ1v) is 4.89. The van der Waals surface area contributed by atoms with Gasteiger partial charge in [0.25, 0.3) is 5.91 Å². The van der Waals surface area contributed by atoms with Crippen molar-refractivity contribution in [2.24, 2.45) is 7.05 Å². The molecule has 1 unspecified atom stereocenters. The van der Waals surface area contributed by atoms with E-state index in [0.717, 1.165) is 0 Å². The molecule has 1 atom stereocenters. The summed E-state index contributed by atoms with van der Waals surface area (Å²) in [5, 5.41) is 20.8. The number of hydrogen-bond donors (Lipinski definition) is 4. The lowest BCUT2D eigenvalue weighted by molar-refractivity contribution is 0.00313. The Morgan fingerprint density at radius 1 is 1.69 bits per heavy atom. The van der Waals surface area contributed by atoms with E-state index < -0.39 is 12.2 Å². The second-order valence-electron chi connectivity index (χ2n) is 4.11. The van der Waals surface area contributed by atoms with Crippen molar-refractivity contribution in [3.63, 3.8) is 0 Å². The van der Waals surface area contributed by atoms with Gasteiger partial charge in [0.2, 0.25) is 0 Å². The van der Waals surface area contributed by atoms with Gasteiger partial charge in [-0.05, 0) is 13.0 Å². The summed E-state index contributed by atoms with van der Waals surface area (Å²) in [5.41, 5.74) is 5.13. The number of carbonyl (C=O) groups is 1. The summed E-state index contributed by atoms with van der Waals surface area (Å²) in [6.45, 7) is 1.00. The molecular formula is C10H17N3O3. The van der Waals surface area contributed by atoms with Crippen LogP contribution in [0.5, 0.6) is 0 Å². The van der Waals surface area contributed by atoms with E-state index >= 15 is 0 Å². The largest absolute Gasteiger partial charge is 0.397 e. The molecule has 6 nitrogen and oxygen atoms in total. The predicted octanol–water partition coefficient (Wildman–Crippen LogP) is -0.920. The third-order valence-electron chi connectivity index (χ3n) is 2.23. The van der Waals surface area contributed by atoms with Crippen LogP contribution in [-0.2, 0) is 7.05 Å². The number of nitrogens with two attached hydrogens (primary N) is 1. The summed E-state index contributed by atoms with van der Waals surface area (Å²) in [4.78, 5) is 11.7. The predicted molar refractivity (Wildman–Crippen MR) is 59.9 cm³/mol. The Morgan fingerprint density at radius 3 is 2.75 bits per heavy atom. The molecule has 0 aliphatic heterocycles. The fraction of sp³-hybridized carbons (Fsp3) is 0.500. The molecule has 0 aliphatic carbocycles. The van der Waals surface area contributed by atoms with Crippen LogP contribution in [0.15, 0.2) is 12.3 Å². The quantitative estimate of drug-likeness (QED) is 0.534. The van der Waals surface area contributed by atoms with E-state index in [4.69, 9.17) is 10.8 Å². The average Bonchev–Trinajstić information content (AvgIpc) is 2.54. The summed E-state index contributed by atoms with van der Waals surface area (Å²) in [5.74, 6) is -0.340. The van der Waals surface area contributed by atoms with Crippen LogP contribution < -0.4 is 11.1 Å². The van der Waals surface area contributed by atoms with Crippen molar-refractivity contribution in [2.75, 3.05) is 18.9 Å². The molecule has 1 heterocycles. The summed E-state index contributed by atoms with van der Waals surface area (Å²) in [6.07, 6.45) is 1.62. The number of aliphatic hydroxyl groups excluding tert-OH is 1. The Bertz CT molecular complexity index is 385. The van der Waals surface area contributed by atoms with Crippen molar-refractivity contribution >= 4 is 11.6 Å². The number of rotatable bonds is 4. The van der Waals surface area contributed by atoms with Gasteiger partial charge in [-0.2, -0.15) is 0 Å². The number of nitrogen functional groups attached to an aromatic ring is 1. The number of hydrogen-bond acceptors (Lipinski definition) is 4. The summed E-state index contributed by atoms with van der Waals surface area (Å²) in [6, 6.07) is 1.54. The molecule has 1 aromatic heterocycles. The molecule has 0 aromatic carbocycles. The van der Waals surface area contributed by atoms with Crippen molar-refractivity contribution in [1.29, 1.82) is 0 Å². The lowest BCUT2D eigenvalue weighted by Crippen LogP contribution is -2.43. The minimum absolute atomic E-state index is 0.0204. The fourth-order valence-corrected chi connectivity index (χ4v) is 1.23. The highest BCUT2D eigenvalue weighted by atomic mass is 16.3. The van der Waals surface area contributed by atoms with Gasteiger partial charge in [-0.1, -0.05) is 0 Å². The number of aliphatic hydroxyl groups is 2. The van der Waals surface area contributed by atoms with E-state index in [1.165, 1.54) is 6.92 Å². The van der Waals surface area contributed by atoms with Crippen LogP contribution >= 0.6 is 0 Å². The number of aromatic nitrogens is 1. The van der Waals surface area contributed by atoms with E-state index in [9.17, 15) is 9.90 Å². The Balaban J connectivity index is 2.63. The third-order valence-corrected chi connectivity index (χ3v) is 2.23. The van der Waals surface area contributed by atoms with Gasteiger partial charge in [0.15, 0.2) is 0 Å². The van der Waals surface area contributed by atoms with Crippen LogP contribution in [0.3, 0.4) is 0 Å². The zero-order valence-corrected chi connectivity index (χ0v) is 9.40. The SMILES string of the molecule is Cn1cc(N)cc1C(=O)NCC(C)(O)CO. The maximum absolute atomic E-state index is 11.7. The van der Waals surface area contributed by atoms with E-state index in [0.29, 0.717) is 11.4 Å². The van der Waals surface area contributed by atoms with Crippen LogP contribution in [0.4, 0.5) is 5.69 Å². The summed E-state index contributed by atoms with van der Waals surface area (Å²) in [7, 11) is 1.70. The molecule has 6 heteroatoms. The van der Waals surface area contributed by atoms with Gasteiger partial charge in [0, 0.05) is 19.8 Å². The molecule has 0 fully saturated rings. The molecule has 1 amide bonds. The van der Waals surface area contributed by atoms with Gasteiger partial charge in [-0.3, -0.25) is 4.79 Å². The van der Waals surface area contributed by atoms with Crippen LogP contribution in [-0.4, -0.2) is 39.4 Å². The average molecular weight is 227 g/mol. The zero-order valence-electron chi connectivity index (χ0n) is 9.40. The maximum atomic E-state index is 11.7. The molecule has 1 rings (SSSR count). The van der Waals surface area contributed by atoms with Crippen molar-refractivity contribution in [1.82, 2.24) is 9.88 Å². The molecule has 16 heavy (non-hydrogen) atoms. The van der Waals surface area contributed by atoms with E-state index in [1.807, 2.05) is 0 Å². The molecule has 0 spiro atoms. The molecule has 0 saturated carbocycles.